The van der Waals surface area contributed by atoms with Gasteiger partial charge >= 0.3 is 0 Å². The molecule has 0 amide bonds. The molecule has 0 aromatic carbocycles. The number of hydrogen-bond donors (Lipinski definition) is 4. The Hall–Kier alpha value is -1.26. The van der Waals surface area contributed by atoms with Gasteiger partial charge in [-0.1, -0.05) is 0 Å². The largest absolute Gasteiger partial charge is 0.394 e. The van der Waals surface area contributed by atoms with Crippen LogP contribution in [-0.4, -0.2) is 59.8 Å². The van der Waals surface area contributed by atoms with Crippen molar-refractivity contribution in [3.8, 4) is 0 Å². The summed E-state index contributed by atoms with van der Waals surface area (Å²) in [5.74, 6) is 0.409. The molecule has 3 rings (SSSR count). The summed E-state index contributed by atoms with van der Waals surface area (Å²) in [4.78, 5) is 12.4. The zero-order valence-electron chi connectivity index (χ0n) is 10.4. The van der Waals surface area contributed by atoms with Crippen molar-refractivity contribution in [1.29, 1.82) is 0 Å². The minimum absolute atomic E-state index is 0.377. The summed E-state index contributed by atoms with van der Waals surface area (Å²) in [6, 6.07) is 0. The topological polar surface area (TPSA) is 114 Å². The van der Waals surface area contributed by atoms with Crippen LogP contribution in [0.2, 0.25) is 0 Å². The minimum Gasteiger partial charge on any atom is -0.394 e. The van der Waals surface area contributed by atoms with Crippen LogP contribution in [0.3, 0.4) is 0 Å². The van der Waals surface area contributed by atoms with Gasteiger partial charge in [-0.15, -0.1) is 0 Å². The molecular formula is C11H14N4O4S. The predicted octanol–water partition coefficient (Wildman–Crippen LogP) is -1.13. The van der Waals surface area contributed by atoms with Crippen LogP contribution >= 0.6 is 12.6 Å². The van der Waals surface area contributed by atoms with E-state index in [9.17, 15) is 10.2 Å². The summed E-state index contributed by atoms with van der Waals surface area (Å²) in [5, 5.41) is 28.9. The molecule has 0 unspecified atom stereocenters. The fraction of sp³-hybridized carbons (Fsp3) is 0.545. The van der Waals surface area contributed by atoms with E-state index < -0.39 is 24.5 Å². The van der Waals surface area contributed by atoms with Crippen LogP contribution in [0.15, 0.2) is 12.7 Å². The van der Waals surface area contributed by atoms with Crippen LogP contribution in [0.5, 0.6) is 0 Å². The first-order valence-corrected chi connectivity index (χ1v) is 6.70. The van der Waals surface area contributed by atoms with Gasteiger partial charge in [-0.3, -0.25) is 4.57 Å². The van der Waals surface area contributed by atoms with Gasteiger partial charge in [0.05, 0.1) is 18.6 Å². The molecule has 0 aliphatic carbocycles. The van der Waals surface area contributed by atoms with Crippen molar-refractivity contribution < 1.29 is 20.1 Å². The van der Waals surface area contributed by atoms with Crippen molar-refractivity contribution in [2.24, 2.45) is 0 Å². The summed E-state index contributed by atoms with van der Waals surface area (Å²) in [7, 11) is 0. The lowest BCUT2D eigenvalue weighted by molar-refractivity contribution is -0.0511. The molecule has 0 radical (unpaired) electrons. The van der Waals surface area contributed by atoms with Crippen molar-refractivity contribution in [2.45, 2.75) is 30.3 Å². The van der Waals surface area contributed by atoms with Gasteiger partial charge in [0.15, 0.2) is 11.9 Å². The molecule has 20 heavy (non-hydrogen) atoms. The number of aliphatic hydroxyl groups excluding tert-OH is 3. The molecule has 0 spiro atoms. The number of rotatable bonds is 3. The van der Waals surface area contributed by atoms with Crippen LogP contribution in [0, 0.1) is 0 Å². The summed E-state index contributed by atoms with van der Waals surface area (Å²) < 4.78 is 6.98. The van der Waals surface area contributed by atoms with Gasteiger partial charge in [-0.2, -0.15) is 12.6 Å². The Bertz CT molecular complexity index is 621. The molecule has 0 bridgehead atoms. The normalized spacial score (nSPS) is 30.2. The molecule has 2 aromatic rings. The molecular weight excluding hydrogens is 284 g/mol. The molecule has 0 saturated carbocycles. The molecule has 108 valence electrons. The lowest BCUT2D eigenvalue weighted by Crippen LogP contribution is -2.33. The Morgan fingerprint density at radius 2 is 2.05 bits per heavy atom. The molecule has 1 fully saturated rings. The first-order chi connectivity index (χ1) is 9.67. The maximum Gasteiger partial charge on any atom is 0.165 e. The number of hydrogen-bond acceptors (Lipinski definition) is 8. The molecule has 4 atom stereocenters. The average molecular weight is 298 g/mol. The van der Waals surface area contributed by atoms with Gasteiger partial charge < -0.3 is 20.1 Å². The second-order valence-electron chi connectivity index (χ2n) is 4.53. The third-order valence-electron chi connectivity index (χ3n) is 3.38. The standard InChI is InChI=1S/C11H14N4O4S/c16-1-6-8(17)9(18)11(19-6)15-4-14-7-5(2-20)12-3-13-10(7)15/h3-4,6,8-9,11,16-18,20H,1-2H2/t6-,8-,9-,11-/m1/s1. The van der Waals surface area contributed by atoms with Crippen LogP contribution in [0.25, 0.3) is 11.2 Å². The highest BCUT2D eigenvalue weighted by Gasteiger charge is 2.43. The summed E-state index contributed by atoms with van der Waals surface area (Å²) in [6.07, 6.45) is -1.17. The molecule has 2 aromatic heterocycles. The zero-order valence-corrected chi connectivity index (χ0v) is 11.3. The van der Waals surface area contributed by atoms with Gasteiger partial charge in [-0.05, 0) is 0 Å². The number of nitrogens with zero attached hydrogens (tertiary/aromatic N) is 4. The second kappa shape index (κ2) is 5.26. The van der Waals surface area contributed by atoms with Crippen LogP contribution in [0.4, 0.5) is 0 Å². The van der Waals surface area contributed by atoms with E-state index in [1.54, 1.807) is 0 Å². The summed E-state index contributed by atoms with van der Waals surface area (Å²) in [6.45, 7) is -0.377. The van der Waals surface area contributed by atoms with Crippen molar-refractivity contribution >= 4 is 23.8 Å². The number of imidazole rings is 1. The Balaban J connectivity index is 2.03. The fourth-order valence-electron chi connectivity index (χ4n) is 2.31. The van der Waals surface area contributed by atoms with E-state index in [2.05, 4.69) is 27.6 Å². The highest BCUT2D eigenvalue weighted by atomic mass is 32.1. The van der Waals surface area contributed by atoms with Crippen LogP contribution in [-0.2, 0) is 10.5 Å². The molecule has 1 aliphatic heterocycles. The monoisotopic (exact) mass is 298 g/mol. The lowest BCUT2D eigenvalue weighted by atomic mass is 10.1. The average Bonchev–Trinajstić information content (AvgIpc) is 3.01. The van der Waals surface area contributed by atoms with Crippen LogP contribution < -0.4 is 0 Å². The number of fused-ring (bicyclic) bond motifs is 1. The number of ether oxygens (including phenoxy) is 1. The van der Waals surface area contributed by atoms with Gasteiger partial charge in [-0.25, -0.2) is 15.0 Å². The fourth-order valence-corrected chi connectivity index (χ4v) is 2.54. The van der Waals surface area contributed by atoms with Crippen molar-refractivity contribution in [3.05, 3.63) is 18.3 Å². The molecule has 1 aliphatic rings. The van der Waals surface area contributed by atoms with Gasteiger partial charge in [0.2, 0.25) is 0 Å². The Morgan fingerprint density at radius 1 is 1.25 bits per heavy atom. The maximum absolute atomic E-state index is 10.0. The van der Waals surface area contributed by atoms with Crippen molar-refractivity contribution in [2.75, 3.05) is 6.61 Å². The van der Waals surface area contributed by atoms with E-state index in [0.717, 1.165) is 0 Å². The summed E-state index contributed by atoms with van der Waals surface area (Å²) in [5.41, 5.74) is 1.72. The SMILES string of the molecule is OC[C@H]1O[C@@H](n2cnc3c(CS)ncnc32)[C@H](O)[C@@H]1O. The van der Waals surface area contributed by atoms with E-state index >= 15 is 0 Å². The zero-order chi connectivity index (χ0) is 14.3. The molecule has 8 nitrogen and oxygen atoms in total. The van der Waals surface area contributed by atoms with E-state index in [0.29, 0.717) is 22.6 Å². The van der Waals surface area contributed by atoms with Crippen LogP contribution in [0.1, 0.15) is 11.9 Å². The first kappa shape index (κ1) is 13.7. The lowest BCUT2D eigenvalue weighted by Gasteiger charge is -2.16. The van der Waals surface area contributed by atoms with Gasteiger partial charge in [0.1, 0.15) is 30.2 Å². The Morgan fingerprint density at radius 3 is 2.70 bits per heavy atom. The third-order valence-corrected chi connectivity index (χ3v) is 3.68. The summed E-state index contributed by atoms with van der Waals surface area (Å²) >= 11 is 4.17. The molecule has 9 heteroatoms. The van der Waals surface area contributed by atoms with E-state index in [1.165, 1.54) is 17.2 Å². The quantitative estimate of drug-likeness (QED) is 0.530. The highest BCUT2D eigenvalue weighted by molar-refractivity contribution is 7.79. The number of thiol groups is 1. The van der Waals surface area contributed by atoms with Gasteiger partial charge in [0.25, 0.3) is 0 Å². The van der Waals surface area contributed by atoms with E-state index in [1.807, 2.05) is 0 Å². The smallest absolute Gasteiger partial charge is 0.165 e. The number of aromatic nitrogens is 4. The highest BCUT2D eigenvalue weighted by Crippen LogP contribution is 2.31. The molecule has 3 heterocycles. The Kier molecular flexibility index (Phi) is 3.61. The van der Waals surface area contributed by atoms with E-state index in [-0.39, 0.29) is 6.61 Å². The molecule has 3 N–H and O–H groups in total. The van der Waals surface area contributed by atoms with Gasteiger partial charge in [0, 0.05) is 5.75 Å². The molecule has 1 saturated heterocycles. The van der Waals surface area contributed by atoms with Crippen molar-refractivity contribution in [1.82, 2.24) is 19.5 Å². The third kappa shape index (κ3) is 1.98. The Labute approximate surface area is 119 Å². The van der Waals surface area contributed by atoms with E-state index in [4.69, 9.17) is 9.84 Å². The maximum atomic E-state index is 10.0. The van der Waals surface area contributed by atoms with Crippen molar-refractivity contribution in [3.63, 3.8) is 0 Å². The predicted molar refractivity (Wildman–Crippen MR) is 71.0 cm³/mol. The number of aliphatic hydroxyl groups is 3. The first-order valence-electron chi connectivity index (χ1n) is 6.07. The minimum atomic E-state index is -1.17. The second-order valence-corrected chi connectivity index (χ2v) is 4.85.